The third-order valence-corrected chi connectivity index (χ3v) is 8.64. The fraction of sp³-hybridized carbons (Fsp3) is 0.375. The predicted octanol–water partition coefficient (Wildman–Crippen LogP) is 6.25. The maximum atomic E-state index is 13.4. The highest BCUT2D eigenvalue weighted by Gasteiger charge is 2.37. The van der Waals surface area contributed by atoms with E-state index < -0.39 is 0 Å². The summed E-state index contributed by atoms with van der Waals surface area (Å²) in [4.78, 5) is 15.8. The van der Waals surface area contributed by atoms with E-state index in [0.29, 0.717) is 22.7 Å². The van der Waals surface area contributed by atoms with Gasteiger partial charge in [0.25, 0.3) is 5.91 Å². The molecule has 2 fully saturated rings. The van der Waals surface area contributed by atoms with Gasteiger partial charge in [-0.1, -0.05) is 43.6 Å². The number of nitrogens with one attached hydrogen (secondary N) is 2. The van der Waals surface area contributed by atoms with Crippen molar-refractivity contribution >= 4 is 28.4 Å². The van der Waals surface area contributed by atoms with Gasteiger partial charge in [0, 0.05) is 46.5 Å². The lowest BCUT2D eigenvalue weighted by molar-refractivity contribution is -0.0879. The van der Waals surface area contributed by atoms with Crippen molar-refractivity contribution in [1.29, 1.82) is 0 Å². The van der Waals surface area contributed by atoms with Gasteiger partial charge in [-0.05, 0) is 67.1 Å². The molecule has 2 unspecified atom stereocenters. The molecule has 2 saturated heterocycles. The molecule has 40 heavy (non-hydrogen) atoms. The maximum Gasteiger partial charge on any atom is 0.251 e. The van der Waals surface area contributed by atoms with Crippen LogP contribution in [-0.2, 0) is 4.74 Å². The number of amides is 1. The number of H-pyrrole nitrogens is 1. The van der Waals surface area contributed by atoms with Crippen molar-refractivity contribution < 1.29 is 14.3 Å². The topological polar surface area (TPSA) is 79.5 Å². The number of nitrogens with zero attached hydrogens (tertiary/aromatic N) is 2. The van der Waals surface area contributed by atoms with Gasteiger partial charge in [0.15, 0.2) is 0 Å². The lowest BCUT2D eigenvalue weighted by Crippen LogP contribution is -2.57. The minimum atomic E-state index is -0.204. The van der Waals surface area contributed by atoms with Crippen molar-refractivity contribution in [2.24, 2.45) is 5.92 Å². The number of hydrogen-bond acceptors (Lipinski definition) is 5. The molecule has 3 heterocycles. The third kappa shape index (κ3) is 5.33. The summed E-state index contributed by atoms with van der Waals surface area (Å²) in [6.07, 6.45) is 2.13. The molecule has 0 saturated carbocycles. The summed E-state index contributed by atoms with van der Waals surface area (Å²) in [5.41, 5.74) is 4.12. The van der Waals surface area contributed by atoms with Crippen LogP contribution in [0.5, 0.6) is 5.75 Å². The van der Waals surface area contributed by atoms with Gasteiger partial charge in [0.05, 0.1) is 30.5 Å². The van der Waals surface area contributed by atoms with E-state index in [0.717, 1.165) is 59.5 Å². The number of piperidine rings is 1. The van der Waals surface area contributed by atoms with E-state index in [1.54, 1.807) is 0 Å². The highest BCUT2D eigenvalue weighted by atomic mass is 35.5. The second-order valence-electron chi connectivity index (χ2n) is 11.3. The van der Waals surface area contributed by atoms with Crippen molar-refractivity contribution in [3.63, 3.8) is 0 Å². The minimum absolute atomic E-state index is 0.148. The van der Waals surface area contributed by atoms with Crippen LogP contribution < -0.4 is 10.1 Å². The predicted molar refractivity (Wildman–Crippen MR) is 158 cm³/mol. The average Bonchev–Trinajstić information content (AvgIpc) is 3.36. The van der Waals surface area contributed by atoms with E-state index in [1.807, 2.05) is 66.7 Å². The van der Waals surface area contributed by atoms with Crippen molar-refractivity contribution in [2.75, 3.05) is 20.3 Å². The lowest BCUT2D eigenvalue weighted by atomic mass is 9.92. The van der Waals surface area contributed by atoms with E-state index in [1.165, 1.54) is 0 Å². The number of benzene rings is 3. The third-order valence-electron chi connectivity index (χ3n) is 8.29. The fourth-order valence-corrected chi connectivity index (χ4v) is 6.21. The SMILES string of the molecule is CC(C)C(NC(=O)c1ccc2[nH]nc(-c3ccc(OC4C[C@H]5COC[C@@H](C4)N5C)cc3)c2c1)c1ccccc1Cl. The summed E-state index contributed by atoms with van der Waals surface area (Å²) >= 11 is 6.46. The maximum absolute atomic E-state index is 13.4. The molecule has 1 amide bonds. The normalized spacial score (nSPS) is 21.9. The van der Waals surface area contributed by atoms with Crippen molar-refractivity contribution in [3.05, 3.63) is 82.9 Å². The molecule has 4 aromatic rings. The van der Waals surface area contributed by atoms with Gasteiger partial charge in [-0.3, -0.25) is 14.8 Å². The Morgan fingerprint density at radius 1 is 1.07 bits per heavy atom. The number of aromatic amines is 1. The number of morpholine rings is 1. The number of hydrogen-bond donors (Lipinski definition) is 2. The first-order valence-corrected chi connectivity index (χ1v) is 14.4. The van der Waals surface area contributed by atoms with Crippen LogP contribution in [0.15, 0.2) is 66.7 Å². The summed E-state index contributed by atoms with van der Waals surface area (Å²) < 4.78 is 12.1. The first kappa shape index (κ1) is 26.8. The molecule has 208 valence electrons. The van der Waals surface area contributed by atoms with E-state index in [2.05, 4.69) is 41.3 Å². The van der Waals surface area contributed by atoms with E-state index in [9.17, 15) is 4.79 Å². The fourth-order valence-electron chi connectivity index (χ4n) is 5.96. The van der Waals surface area contributed by atoms with Crippen LogP contribution in [0.25, 0.3) is 22.2 Å². The molecular formula is C32H35ClN4O3. The summed E-state index contributed by atoms with van der Waals surface area (Å²) in [5, 5.41) is 12.4. The molecule has 3 aromatic carbocycles. The first-order valence-electron chi connectivity index (χ1n) is 14.0. The highest BCUT2D eigenvalue weighted by Crippen LogP contribution is 2.33. The molecule has 2 aliphatic rings. The number of halogens is 1. The summed E-state index contributed by atoms with van der Waals surface area (Å²) in [6, 6.07) is 22.0. The summed E-state index contributed by atoms with van der Waals surface area (Å²) in [7, 11) is 2.19. The van der Waals surface area contributed by atoms with Gasteiger partial charge in [-0.15, -0.1) is 0 Å². The number of aromatic nitrogens is 2. The van der Waals surface area contributed by atoms with Crippen molar-refractivity contribution in [2.45, 2.75) is 50.9 Å². The number of carbonyl (C=O) groups is 1. The number of carbonyl (C=O) groups excluding carboxylic acids is 1. The Hall–Kier alpha value is -3.39. The summed E-state index contributed by atoms with van der Waals surface area (Å²) in [5.74, 6) is 0.876. The van der Waals surface area contributed by atoms with Gasteiger partial charge >= 0.3 is 0 Å². The molecule has 7 nitrogen and oxygen atoms in total. The zero-order valence-electron chi connectivity index (χ0n) is 23.1. The second-order valence-corrected chi connectivity index (χ2v) is 11.7. The molecule has 0 aliphatic carbocycles. The minimum Gasteiger partial charge on any atom is -0.490 e. The zero-order chi connectivity index (χ0) is 27.8. The Kier molecular flexibility index (Phi) is 7.53. The van der Waals surface area contributed by atoms with Crippen LogP contribution in [0.3, 0.4) is 0 Å². The molecule has 0 spiro atoms. The average molecular weight is 559 g/mol. The van der Waals surface area contributed by atoms with Gasteiger partial charge in [0.2, 0.25) is 0 Å². The Labute approximate surface area is 239 Å². The van der Waals surface area contributed by atoms with Gasteiger partial charge < -0.3 is 14.8 Å². The molecule has 6 rings (SSSR count). The molecule has 2 bridgehead atoms. The van der Waals surface area contributed by atoms with Crippen molar-refractivity contribution in [3.8, 4) is 17.0 Å². The van der Waals surface area contributed by atoms with Crippen LogP contribution in [0.1, 0.15) is 48.7 Å². The van der Waals surface area contributed by atoms with Crippen LogP contribution in [-0.4, -0.2) is 59.5 Å². The highest BCUT2D eigenvalue weighted by molar-refractivity contribution is 6.31. The van der Waals surface area contributed by atoms with Crippen molar-refractivity contribution in [1.82, 2.24) is 20.4 Å². The molecule has 8 heteroatoms. The van der Waals surface area contributed by atoms with Gasteiger partial charge in [0.1, 0.15) is 11.9 Å². The largest absolute Gasteiger partial charge is 0.490 e. The van der Waals surface area contributed by atoms with E-state index in [-0.39, 0.29) is 24.0 Å². The van der Waals surface area contributed by atoms with Crippen LogP contribution in [0, 0.1) is 5.92 Å². The van der Waals surface area contributed by atoms with Crippen LogP contribution in [0.4, 0.5) is 0 Å². The van der Waals surface area contributed by atoms with E-state index >= 15 is 0 Å². The molecular weight excluding hydrogens is 524 g/mol. The molecule has 2 N–H and O–H groups in total. The lowest BCUT2D eigenvalue weighted by Gasteiger charge is -2.46. The van der Waals surface area contributed by atoms with Crippen LogP contribution in [0.2, 0.25) is 5.02 Å². The molecule has 4 atom stereocenters. The van der Waals surface area contributed by atoms with Gasteiger partial charge in [-0.25, -0.2) is 0 Å². The second kappa shape index (κ2) is 11.2. The Balaban J connectivity index is 1.19. The van der Waals surface area contributed by atoms with Crippen LogP contribution >= 0.6 is 11.6 Å². The number of ether oxygens (including phenoxy) is 2. The number of likely N-dealkylation sites (N-methyl/N-ethyl adjacent to an activating group) is 1. The Bertz CT molecular complexity index is 1490. The Morgan fingerprint density at radius 2 is 1.80 bits per heavy atom. The molecule has 1 aromatic heterocycles. The Morgan fingerprint density at radius 3 is 2.50 bits per heavy atom. The number of fused-ring (bicyclic) bond motifs is 3. The van der Waals surface area contributed by atoms with Gasteiger partial charge in [-0.2, -0.15) is 5.10 Å². The number of rotatable bonds is 7. The molecule has 0 radical (unpaired) electrons. The summed E-state index contributed by atoms with van der Waals surface area (Å²) in [6.45, 7) is 5.70. The first-order chi connectivity index (χ1) is 19.4. The van der Waals surface area contributed by atoms with E-state index in [4.69, 9.17) is 21.1 Å². The monoisotopic (exact) mass is 558 g/mol. The standard InChI is InChI=1S/C32H35ClN4O3/c1-19(2)30(26-6-4-5-7-28(26)33)34-32(38)21-10-13-29-27(14-21)31(36-35-29)20-8-11-24(12-9-20)40-25-15-22-17-39-18-23(16-25)37(22)3/h4-14,19,22-23,25,30H,15-18H2,1-3H3,(H,34,38)(H,35,36)/t22-,23+,25?,30?. The zero-order valence-corrected chi connectivity index (χ0v) is 23.8. The molecule has 2 aliphatic heterocycles. The quantitative estimate of drug-likeness (QED) is 0.280. The smallest absolute Gasteiger partial charge is 0.251 e.